The number of guanidine groups is 1. The number of anilines is 1. The molecule has 0 aliphatic heterocycles. The van der Waals surface area contributed by atoms with E-state index in [9.17, 15) is 4.79 Å². The Morgan fingerprint density at radius 2 is 1.92 bits per heavy atom. The minimum absolute atomic E-state index is 0. The second-order valence-electron chi connectivity index (χ2n) is 5.63. The molecule has 0 bridgehead atoms. The van der Waals surface area contributed by atoms with Crippen molar-refractivity contribution in [3.05, 3.63) is 29.8 Å². The largest absolute Gasteiger partial charge is 0.453 e. The Kier molecular flexibility index (Phi) is 9.51. The maximum Gasteiger partial charge on any atom is 0.411 e. The average molecular weight is 446 g/mol. The number of rotatable bonds is 5. The summed E-state index contributed by atoms with van der Waals surface area (Å²) >= 11 is 0. The van der Waals surface area contributed by atoms with Crippen LogP contribution in [0.25, 0.3) is 0 Å². The highest BCUT2D eigenvalue weighted by atomic mass is 127. The van der Waals surface area contributed by atoms with Gasteiger partial charge in [-0.25, -0.2) is 9.79 Å². The highest BCUT2D eigenvalue weighted by Crippen LogP contribution is 2.17. The van der Waals surface area contributed by atoms with Crippen molar-refractivity contribution in [2.24, 2.45) is 4.99 Å². The zero-order valence-electron chi connectivity index (χ0n) is 14.3. The van der Waals surface area contributed by atoms with Crippen molar-refractivity contribution in [3.63, 3.8) is 0 Å². The molecular weight excluding hydrogens is 419 g/mol. The van der Waals surface area contributed by atoms with Crippen LogP contribution in [0.15, 0.2) is 29.3 Å². The maximum atomic E-state index is 11.1. The van der Waals surface area contributed by atoms with Gasteiger partial charge in [0.1, 0.15) is 0 Å². The first-order chi connectivity index (χ1) is 11.2. The van der Waals surface area contributed by atoms with E-state index >= 15 is 0 Å². The van der Waals surface area contributed by atoms with Crippen LogP contribution in [0.2, 0.25) is 0 Å². The molecule has 1 aromatic carbocycles. The molecule has 1 aliphatic rings. The number of hydrogen-bond donors (Lipinski definition) is 3. The van der Waals surface area contributed by atoms with Gasteiger partial charge in [0.05, 0.1) is 13.7 Å². The lowest BCUT2D eigenvalue weighted by Crippen LogP contribution is -2.42. The molecule has 0 radical (unpaired) electrons. The molecule has 134 valence electrons. The number of carbonyl (C=O) groups is 1. The molecule has 1 aromatic rings. The molecule has 2 rings (SSSR count). The molecule has 24 heavy (non-hydrogen) atoms. The Hall–Kier alpha value is -1.51. The van der Waals surface area contributed by atoms with E-state index in [2.05, 4.69) is 32.6 Å². The quantitative estimate of drug-likeness (QED) is 0.368. The fourth-order valence-corrected chi connectivity index (χ4v) is 2.62. The van der Waals surface area contributed by atoms with Gasteiger partial charge in [-0.05, 0) is 37.5 Å². The van der Waals surface area contributed by atoms with E-state index in [0.29, 0.717) is 18.3 Å². The molecule has 0 saturated heterocycles. The molecule has 6 nitrogen and oxygen atoms in total. The van der Waals surface area contributed by atoms with Crippen LogP contribution >= 0.6 is 24.0 Å². The second-order valence-corrected chi connectivity index (χ2v) is 5.63. The van der Waals surface area contributed by atoms with Crippen molar-refractivity contribution in [1.82, 2.24) is 10.6 Å². The highest BCUT2D eigenvalue weighted by molar-refractivity contribution is 14.0. The smallest absolute Gasteiger partial charge is 0.411 e. The third-order valence-electron chi connectivity index (χ3n) is 3.85. The SMILES string of the molecule is CCNC(=NCc1ccc(NC(=O)OC)cc1)NC1CCCC1.I. The molecule has 0 spiro atoms. The minimum Gasteiger partial charge on any atom is -0.453 e. The summed E-state index contributed by atoms with van der Waals surface area (Å²) in [6.07, 6.45) is 4.57. The molecule has 0 unspecified atom stereocenters. The molecule has 7 heteroatoms. The van der Waals surface area contributed by atoms with Crippen molar-refractivity contribution < 1.29 is 9.53 Å². The van der Waals surface area contributed by atoms with E-state index < -0.39 is 6.09 Å². The van der Waals surface area contributed by atoms with Crippen LogP contribution in [0.5, 0.6) is 0 Å². The van der Waals surface area contributed by atoms with E-state index in [4.69, 9.17) is 0 Å². The van der Waals surface area contributed by atoms with Crippen LogP contribution in [0.3, 0.4) is 0 Å². The van der Waals surface area contributed by atoms with Crippen LogP contribution < -0.4 is 16.0 Å². The monoisotopic (exact) mass is 446 g/mol. The number of halogens is 1. The number of nitrogens with one attached hydrogen (secondary N) is 3. The van der Waals surface area contributed by atoms with Gasteiger partial charge in [0.25, 0.3) is 0 Å². The third-order valence-corrected chi connectivity index (χ3v) is 3.85. The van der Waals surface area contributed by atoms with Crippen LogP contribution in [0.4, 0.5) is 10.5 Å². The lowest BCUT2D eigenvalue weighted by Gasteiger charge is -2.16. The normalized spacial score (nSPS) is 14.7. The summed E-state index contributed by atoms with van der Waals surface area (Å²) in [5.41, 5.74) is 1.80. The van der Waals surface area contributed by atoms with E-state index in [-0.39, 0.29) is 24.0 Å². The predicted molar refractivity (Wildman–Crippen MR) is 108 cm³/mol. The standard InChI is InChI=1S/C17H26N4O2.HI/c1-3-18-16(20-14-6-4-5-7-14)19-12-13-8-10-15(11-9-13)21-17(22)23-2;/h8-11,14H,3-7,12H2,1-2H3,(H,21,22)(H2,18,19,20);1H. The molecule has 1 saturated carbocycles. The number of aliphatic imine (C=N–C) groups is 1. The van der Waals surface area contributed by atoms with Gasteiger partial charge >= 0.3 is 6.09 Å². The Morgan fingerprint density at radius 3 is 2.50 bits per heavy atom. The van der Waals surface area contributed by atoms with E-state index in [1.54, 1.807) is 0 Å². The number of amides is 1. The molecule has 1 amide bonds. The van der Waals surface area contributed by atoms with Crippen molar-refractivity contribution >= 4 is 41.7 Å². The molecule has 1 aliphatic carbocycles. The fourth-order valence-electron chi connectivity index (χ4n) is 2.62. The van der Waals surface area contributed by atoms with E-state index in [0.717, 1.165) is 18.1 Å². The number of carbonyl (C=O) groups excluding carboxylic acids is 1. The van der Waals surface area contributed by atoms with E-state index in [1.165, 1.54) is 32.8 Å². The average Bonchev–Trinajstić information content (AvgIpc) is 3.07. The molecule has 0 atom stereocenters. The van der Waals surface area contributed by atoms with Crippen LogP contribution in [0, 0.1) is 0 Å². The van der Waals surface area contributed by atoms with Gasteiger partial charge in [-0.15, -0.1) is 24.0 Å². The summed E-state index contributed by atoms with van der Waals surface area (Å²) in [6, 6.07) is 8.14. The first kappa shape index (κ1) is 20.5. The van der Waals surface area contributed by atoms with Gasteiger partial charge in [0, 0.05) is 18.3 Å². The van der Waals surface area contributed by atoms with Crippen molar-refractivity contribution in [1.29, 1.82) is 0 Å². The van der Waals surface area contributed by atoms with Gasteiger partial charge in [0.15, 0.2) is 5.96 Å². The number of hydrogen-bond acceptors (Lipinski definition) is 3. The van der Waals surface area contributed by atoms with Gasteiger partial charge in [-0.1, -0.05) is 25.0 Å². The van der Waals surface area contributed by atoms with Crippen molar-refractivity contribution in [2.75, 3.05) is 19.0 Å². The van der Waals surface area contributed by atoms with Crippen molar-refractivity contribution in [2.45, 2.75) is 45.2 Å². The molecule has 0 heterocycles. The number of benzene rings is 1. The summed E-state index contributed by atoms with van der Waals surface area (Å²) < 4.78 is 4.57. The van der Waals surface area contributed by atoms with E-state index in [1.807, 2.05) is 24.3 Å². The van der Waals surface area contributed by atoms with Gasteiger partial charge in [-0.2, -0.15) is 0 Å². The summed E-state index contributed by atoms with van der Waals surface area (Å²) in [7, 11) is 1.35. The second kappa shape index (κ2) is 11.1. The first-order valence-corrected chi connectivity index (χ1v) is 8.20. The topological polar surface area (TPSA) is 74.8 Å². The summed E-state index contributed by atoms with van der Waals surface area (Å²) in [5, 5.41) is 9.42. The summed E-state index contributed by atoms with van der Waals surface area (Å²) in [5.74, 6) is 0.871. The molecular formula is C17H27IN4O2. The molecule has 0 aromatic heterocycles. The zero-order chi connectivity index (χ0) is 16.5. The highest BCUT2D eigenvalue weighted by Gasteiger charge is 2.15. The Morgan fingerprint density at radius 1 is 1.25 bits per heavy atom. The lowest BCUT2D eigenvalue weighted by molar-refractivity contribution is 0.187. The van der Waals surface area contributed by atoms with Crippen LogP contribution in [-0.2, 0) is 11.3 Å². The summed E-state index contributed by atoms with van der Waals surface area (Å²) in [4.78, 5) is 15.8. The zero-order valence-corrected chi connectivity index (χ0v) is 16.6. The summed E-state index contributed by atoms with van der Waals surface area (Å²) in [6.45, 7) is 3.51. The fraction of sp³-hybridized carbons (Fsp3) is 0.529. The minimum atomic E-state index is -0.467. The number of methoxy groups -OCH3 is 1. The molecule has 1 fully saturated rings. The predicted octanol–water partition coefficient (Wildman–Crippen LogP) is 3.48. The third kappa shape index (κ3) is 6.94. The van der Waals surface area contributed by atoms with Crippen LogP contribution in [-0.4, -0.2) is 31.7 Å². The Labute approximate surface area is 160 Å². The van der Waals surface area contributed by atoms with Gasteiger partial charge in [-0.3, -0.25) is 5.32 Å². The van der Waals surface area contributed by atoms with Crippen LogP contribution in [0.1, 0.15) is 38.2 Å². The maximum absolute atomic E-state index is 11.1. The molecule has 3 N–H and O–H groups in total. The Balaban J connectivity index is 0.00000288. The Bertz CT molecular complexity index is 528. The number of ether oxygens (including phenoxy) is 1. The lowest BCUT2D eigenvalue weighted by atomic mass is 10.2. The van der Waals surface area contributed by atoms with Crippen molar-refractivity contribution in [3.8, 4) is 0 Å². The number of nitrogens with zero attached hydrogens (tertiary/aromatic N) is 1. The van der Waals surface area contributed by atoms with Gasteiger partial charge < -0.3 is 15.4 Å². The first-order valence-electron chi connectivity index (χ1n) is 8.20. The van der Waals surface area contributed by atoms with Gasteiger partial charge in [0.2, 0.25) is 0 Å².